The summed E-state index contributed by atoms with van der Waals surface area (Å²) in [5, 5.41) is 9.51. The Morgan fingerprint density at radius 1 is 1.90 bits per heavy atom. The summed E-state index contributed by atoms with van der Waals surface area (Å²) < 4.78 is 4.68. The summed E-state index contributed by atoms with van der Waals surface area (Å²) in [5.74, 6) is -0.384. The fourth-order valence-corrected chi connectivity index (χ4v) is 1.05. The van der Waals surface area contributed by atoms with Crippen LogP contribution in [0.2, 0.25) is 0 Å². The van der Waals surface area contributed by atoms with Crippen LogP contribution >= 0.6 is 15.9 Å². The van der Waals surface area contributed by atoms with Crippen molar-refractivity contribution >= 4 is 21.9 Å². The van der Waals surface area contributed by atoms with Crippen LogP contribution in [0.3, 0.4) is 0 Å². The molecule has 0 aromatic carbocycles. The Bertz CT molecular complexity index is 166. The molecule has 0 unspecified atom stereocenters. The molecule has 0 radical (unpaired) electrons. The number of hydrogen-bond donors (Lipinski definition) is 1. The lowest BCUT2D eigenvalue weighted by Crippen LogP contribution is -2.26. The number of aliphatic hydroxyl groups excluding tert-OH is 1. The maximum Gasteiger partial charge on any atom is 0.331 e. The quantitative estimate of drug-likeness (QED) is 0.520. The molecule has 0 bridgehead atoms. The summed E-state index contributed by atoms with van der Waals surface area (Å²) in [6.07, 6.45) is 1.76. The first-order valence-corrected chi connectivity index (χ1v) is 3.99. The number of rotatable bonds is 2. The number of ether oxygens (including phenoxy) is 1. The molecule has 0 saturated carbocycles. The summed E-state index contributed by atoms with van der Waals surface area (Å²) in [5.41, 5.74) is 0. The molecule has 4 heteroatoms. The van der Waals surface area contributed by atoms with Gasteiger partial charge in [-0.25, -0.2) is 4.79 Å². The Morgan fingerprint density at radius 3 is 3.00 bits per heavy atom. The highest BCUT2D eigenvalue weighted by Crippen LogP contribution is 2.10. The third-order valence-electron chi connectivity index (χ3n) is 1.21. The second kappa shape index (κ2) is 3.16. The molecule has 1 heterocycles. The fourth-order valence-electron chi connectivity index (χ4n) is 0.681. The van der Waals surface area contributed by atoms with E-state index in [4.69, 9.17) is 5.11 Å². The first-order chi connectivity index (χ1) is 4.74. The molecule has 1 N–H and O–H groups in total. The maximum atomic E-state index is 10.4. The number of esters is 1. The molecular formula is C6H7BrO3. The third-order valence-corrected chi connectivity index (χ3v) is 1.87. The minimum atomic E-state index is -0.636. The van der Waals surface area contributed by atoms with Gasteiger partial charge in [0.05, 0.1) is 0 Å². The van der Waals surface area contributed by atoms with E-state index in [1.165, 1.54) is 6.08 Å². The molecule has 2 atom stereocenters. The van der Waals surface area contributed by atoms with Gasteiger partial charge in [0.25, 0.3) is 0 Å². The molecule has 1 aliphatic heterocycles. The molecule has 0 aromatic heterocycles. The molecule has 0 amide bonds. The highest BCUT2D eigenvalue weighted by molar-refractivity contribution is 9.09. The van der Waals surface area contributed by atoms with Gasteiger partial charge in [0, 0.05) is 11.4 Å². The standard InChI is InChI=1S/C6H7BrO3/c7-3-4(8)5-1-2-6(9)10-5/h1-2,4-5,8H,3H2/t4-,5-/m0/s1. The largest absolute Gasteiger partial charge is 0.452 e. The summed E-state index contributed by atoms with van der Waals surface area (Å²) in [4.78, 5) is 10.4. The average Bonchev–Trinajstić information content (AvgIpc) is 2.34. The number of hydrogen-bond acceptors (Lipinski definition) is 3. The SMILES string of the molecule is O=C1C=C[C@@H]([C@@H](O)CBr)O1. The van der Waals surface area contributed by atoms with Crippen molar-refractivity contribution in [3.63, 3.8) is 0 Å². The van der Waals surface area contributed by atoms with E-state index in [1.807, 2.05) is 0 Å². The topological polar surface area (TPSA) is 46.5 Å². The van der Waals surface area contributed by atoms with Crippen LogP contribution in [0.5, 0.6) is 0 Å². The fraction of sp³-hybridized carbons (Fsp3) is 0.500. The van der Waals surface area contributed by atoms with Crippen molar-refractivity contribution in [2.24, 2.45) is 0 Å². The van der Waals surface area contributed by atoms with Gasteiger partial charge >= 0.3 is 5.97 Å². The lowest BCUT2D eigenvalue weighted by atomic mass is 10.2. The number of aliphatic hydroxyl groups is 1. The minimum absolute atomic E-state index is 0.384. The second-order valence-corrected chi connectivity index (χ2v) is 2.63. The normalized spacial score (nSPS) is 26.6. The van der Waals surface area contributed by atoms with Crippen LogP contribution in [-0.4, -0.2) is 28.6 Å². The van der Waals surface area contributed by atoms with Crippen molar-refractivity contribution in [1.29, 1.82) is 0 Å². The molecule has 10 heavy (non-hydrogen) atoms. The maximum absolute atomic E-state index is 10.4. The van der Waals surface area contributed by atoms with E-state index < -0.39 is 12.2 Å². The van der Waals surface area contributed by atoms with Gasteiger partial charge in [-0.2, -0.15) is 0 Å². The highest BCUT2D eigenvalue weighted by atomic mass is 79.9. The van der Waals surface area contributed by atoms with Crippen molar-refractivity contribution in [2.45, 2.75) is 12.2 Å². The second-order valence-electron chi connectivity index (χ2n) is 1.98. The van der Waals surface area contributed by atoms with Gasteiger partial charge in [-0.05, 0) is 6.08 Å². The predicted molar refractivity (Wildman–Crippen MR) is 38.8 cm³/mol. The first-order valence-electron chi connectivity index (χ1n) is 2.87. The van der Waals surface area contributed by atoms with Gasteiger partial charge in [0.1, 0.15) is 12.2 Å². The van der Waals surface area contributed by atoms with Crippen LogP contribution in [0.15, 0.2) is 12.2 Å². The Labute approximate surface area is 66.8 Å². The van der Waals surface area contributed by atoms with Crippen molar-refractivity contribution in [2.75, 3.05) is 5.33 Å². The van der Waals surface area contributed by atoms with E-state index in [0.29, 0.717) is 5.33 Å². The number of halogens is 1. The smallest absolute Gasteiger partial charge is 0.331 e. The molecule has 0 fully saturated rings. The summed E-state index contributed by atoms with van der Waals surface area (Å²) in [6, 6.07) is 0. The molecule has 0 saturated heterocycles. The van der Waals surface area contributed by atoms with Crippen LogP contribution in [0.4, 0.5) is 0 Å². The Balaban J connectivity index is 2.46. The Kier molecular flexibility index (Phi) is 2.45. The molecular weight excluding hydrogens is 200 g/mol. The molecule has 0 aliphatic carbocycles. The number of carbonyl (C=O) groups is 1. The monoisotopic (exact) mass is 206 g/mol. The van der Waals surface area contributed by atoms with Crippen molar-refractivity contribution in [3.8, 4) is 0 Å². The highest BCUT2D eigenvalue weighted by Gasteiger charge is 2.23. The van der Waals surface area contributed by atoms with Gasteiger partial charge in [0.2, 0.25) is 0 Å². The van der Waals surface area contributed by atoms with E-state index in [9.17, 15) is 4.79 Å². The summed E-state index contributed by atoms with van der Waals surface area (Å²) in [7, 11) is 0. The van der Waals surface area contributed by atoms with Gasteiger partial charge in [-0.1, -0.05) is 15.9 Å². The molecule has 1 rings (SSSR count). The van der Waals surface area contributed by atoms with Crippen molar-refractivity contribution in [3.05, 3.63) is 12.2 Å². The number of alkyl halides is 1. The zero-order valence-corrected chi connectivity index (χ0v) is 6.74. The van der Waals surface area contributed by atoms with E-state index in [1.54, 1.807) is 6.08 Å². The van der Waals surface area contributed by atoms with Crippen LogP contribution in [-0.2, 0) is 9.53 Å². The van der Waals surface area contributed by atoms with E-state index in [0.717, 1.165) is 0 Å². The zero-order chi connectivity index (χ0) is 7.56. The average molecular weight is 207 g/mol. The minimum Gasteiger partial charge on any atom is -0.452 e. The molecule has 0 spiro atoms. The van der Waals surface area contributed by atoms with E-state index in [-0.39, 0.29) is 5.97 Å². The van der Waals surface area contributed by atoms with Crippen LogP contribution < -0.4 is 0 Å². The lowest BCUT2D eigenvalue weighted by Gasteiger charge is -2.12. The van der Waals surface area contributed by atoms with Crippen LogP contribution in [0, 0.1) is 0 Å². The number of carbonyl (C=O) groups excluding carboxylic acids is 1. The van der Waals surface area contributed by atoms with Crippen molar-refractivity contribution < 1.29 is 14.6 Å². The number of cyclic esters (lactones) is 1. The molecule has 3 nitrogen and oxygen atoms in total. The predicted octanol–water partition coefficient (Wildman–Crippen LogP) is 0.224. The van der Waals surface area contributed by atoms with Gasteiger partial charge in [-0.15, -0.1) is 0 Å². The molecule has 0 aromatic rings. The van der Waals surface area contributed by atoms with E-state index in [2.05, 4.69) is 20.7 Å². The molecule has 56 valence electrons. The van der Waals surface area contributed by atoms with Gasteiger partial charge in [0.15, 0.2) is 0 Å². The van der Waals surface area contributed by atoms with Gasteiger partial charge in [-0.3, -0.25) is 0 Å². The summed E-state index contributed by atoms with van der Waals surface area (Å²) >= 11 is 3.07. The Hall–Kier alpha value is -0.350. The van der Waals surface area contributed by atoms with E-state index >= 15 is 0 Å². The van der Waals surface area contributed by atoms with Crippen LogP contribution in [0.1, 0.15) is 0 Å². The van der Waals surface area contributed by atoms with Crippen molar-refractivity contribution in [1.82, 2.24) is 0 Å². The van der Waals surface area contributed by atoms with Crippen LogP contribution in [0.25, 0.3) is 0 Å². The van der Waals surface area contributed by atoms with Gasteiger partial charge < -0.3 is 9.84 Å². The summed E-state index contributed by atoms with van der Waals surface area (Å²) in [6.45, 7) is 0. The first kappa shape index (κ1) is 7.75. The third kappa shape index (κ3) is 1.58. The Morgan fingerprint density at radius 2 is 2.60 bits per heavy atom. The molecule has 1 aliphatic rings. The lowest BCUT2D eigenvalue weighted by molar-refractivity contribution is -0.142. The zero-order valence-electron chi connectivity index (χ0n) is 5.16.